The van der Waals surface area contributed by atoms with Crippen LogP contribution in [0.3, 0.4) is 0 Å². The molecule has 0 radical (unpaired) electrons. The van der Waals surface area contributed by atoms with Crippen molar-refractivity contribution in [2.45, 2.75) is 13.1 Å². The molecule has 148 valence electrons. The molecule has 0 aliphatic carbocycles. The summed E-state index contributed by atoms with van der Waals surface area (Å²) in [6, 6.07) is 19.5. The molecule has 3 aromatic heterocycles. The van der Waals surface area contributed by atoms with E-state index in [4.69, 9.17) is 4.42 Å². The van der Waals surface area contributed by atoms with Gasteiger partial charge in [0.15, 0.2) is 16.5 Å². The lowest BCUT2D eigenvalue weighted by molar-refractivity contribution is 0.0924. The van der Waals surface area contributed by atoms with Crippen LogP contribution in [0.1, 0.15) is 21.7 Å². The van der Waals surface area contributed by atoms with E-state index in [1.54, 1.807) is 36.0 Å². The number of carbonyl (C=O) groups excluding carboxylic acids is 1. The number of benzene rings is 2. The van der Waals surface area contributed by atoms with Crippen molar-refractivity contribution >= 4 is 27.5 Å². The molecule has 0 unspecified atom stereocenters. The lowest BCUT2D eigenvalue weighted by Gasteiger charge is -2.06. The maximum absolute atomic E-state index is 12.5. The predicted molar refractivity (Wildman–Crippen MR) is 116 cm³/mol. The van der Waals surface area contributed by atoms with Gasteiger partial charge in [-0.2, -0.15) is 0 Å². The van der Waals surface area contributed by atoms with Crippen LogP contribution in [0.5, 0.6) is 0 Å². The van der Waals surface area contributed by atoms with Gasteiger partial charge in [0, 0.05) is 25.5 Å². The summed E-state index contributed by atoms with van der Waals surface area (Å²) < 4.78 is 8.85. The van der Waals surface area contributed by atoms with Gasteiger partial charge in [0.2, 0.25) is 0 Å². The highest BCUT2D eigenvalue weighted by atomic mass is 32.1. The van der Waals surface area contributed by atoms with Crippen LogP contribution in [0.25, 0.3) is 21.0 Å². The lowest BCUT2D eigenvalue weighted by Crippen LogP contribution is -2.22. The van der Waals surface area contributed by atoms with Gasteiger partial charge in [-0.25, -0.2) is 9.97 Å². The zero-order valence-corrected chi connectivity index (χ0v) is 16.8. The van der Waals surface area contributed by atoms with Crippen molar-refractivity contribution in [2.24, 2.45) is 0 Å². The Morgan fingerprint density at radius 3 is 2.67 bits per heavy atom. The molecule has 0 aliphatic heterocycles. The summed E-state index contributed by atoms with van der Waals surface area (Å²) in [4.78, 5) is 21.1. The molecule has 2 aromatic carbocycles. The summed E-state index contributed by atoms with van der Waals surface area (Å²) in [6.07, 6.45) is 5.49. The Hall–Kier alpha value is -3.71. The van der Waals surface area contributed by atoms with Gasteiger partial charge in [0.05, 0.1) is 16.5 Å². The summed E-state index contributed by atoms with van der Waals surface area (Å²) >= 11 is 1.55. The number of rotatable bonds is 6. The van der Waals surface area contributed by atoms with E-state index in [2.05, 4.69) is 27.4 Å². The van der Waals surface area contributed by atoms with E-state index < -0.39 is 0 Å². The van der Waals surface area contributed by atoms with Gasteiger partial charge < -0.3 is 14.3 Å². The molecule has 7 heteroatoms. The number of furan rings is 1. The molecule has 3 heterocycles. The molecule has 0 spiro atoms. The van der Waals surface area contributed by atoms with Crippen molar-refractivity contribution in [1.82, 2.24) is 19.9 Å². The molecule has 5 rings (SSSR count). The Balaban J connectivity index is 1.21. The number of nitrogens with one attached hydrogen (secondary N) is 1. The first-order valence-corrected chi connectivity index (χ1v) is 10.3. The second kappa shape index (κ2) is 7.96. The molecule has 0 atom stereocenters. The number of thiazole rings is 1. The largest absolute Gasteiger partial charge is 0.448 e. The van der Waals surface area contributed by atoms with E-state index in [-0.39, 0.29) is 11.7 Å². The number of para-hydroxylation sites is 1. The highest BCUT2D eigenvalue weighted by Gasteiger charge is 2.14. The average Bonchev–Trinajstić information content (AvgIpc) is 3.53. The Bertz CT molecular complexity index is 1250. The minimum atomic E-state index is -0.246. The zero-order valence-electron chi connectivity index (χ0n) is 16.0. The third kappa shape index (κ3) is 3.88. The molecule has 1 amide bonds. The van der Waals surface area contributed by atoms with Crippen molar-refractivity contribution in [2.75, 3.05) is 0 Å². The molecule has 1 N–H and O–H groups in total. The molecule has 5 aromatic rings. The van der Waals surface area contributed by atoms with Crippen LogP contribution in [-0.4, -0.2) is 20.4 Å². The van der Waals surface area contributed by atoms with Crippen LogP contribution in [0, 0.1) is 0 Å². The van der Waals surface area contributed by atoms with E-state index in [0.29, 0.717) is 12.3 Å². The normalized spacial score (nSPS) is 11.1. The van der Waals surface area contributed by atoms with E-state index in [1.807, 2.05) is 47.2 Å². The second-order valence-electron chi connectivity index (χ2n) is 6.88. The molecule has 0 bridgehead atoms. The standard InChI is InChI=1S/C23H18N4O2S/c28-22(25-13-16-5-7-17(8-6-16)14-27-12-11-24-15-27)19-9-10-20(29-19)23-26-18-3-1-2-4-21(18)30-23/h1-12,15H,13-14H2,(H,25,28). The smallest absolute Gasteiger partial charge is 0.287 e. The number of carbonyl (C=O) groups is 1. The molecule has 0 saturated heterocycles. The number of nitrogens with zero attached hydrogens (tertiary/aromatic N) is 3. The fourth-order valence-corrected chi connectivity index (χ4v) is 4.10. The van der Waals surface area contributed by atoms with Crippen LogP contribution >= 0.6 is 11.3 Å². The van der Waals surface area contributed by atoms with E-state index in [9.17, 15) is 4.79 Å². The van der Waals surface area contributed by atoms with Crippen LogP contribution in [0.15, 0.2) is 83.8 Å². The summed E-state index contributed by atoms with van der Waals surface area (Å²) in [5, 5.41) is 3.67. The maximum atomic E-state index is 12.5. The molecule has 0 saturated carbocycles. The summed E-state index contributed by atoms with van der Waals surface area (Å²) in [5.41, 5.74) is 3.13. The third-order valence-electron chi connectivity index (χ3n) is 4.73. The van der Waals surface area contributed by atoms with Gasteiger partial charge >= 0.3 is 0 Å². The number of hydrogen-bond acceptors (Lipinski definition) is 5. The topological polar surface area (TPSA) is 73.0 Å². The number of hydrogen-bond donors (Lipinski definition) is 1. The second-order valence-corrected chi connectivity index (χ2v) is 7.92. The first-order valence-electron chi connectivity index (χ1n) is 9.52. The van der Waals surface area contributed by atoms with Crippen LogP contribution in [-0.2, 0) is 13.1 Å². The van der Waals surface area contributed by atoms with Gasteiger partial charge in [-0.3, -0.25) is 4.79 Å². The SMILES string of the molecule is O=C(NCc1ccc(Cn2ccnc2)cc1)c1ccc(-c2nc3ccccc3s2)o1. The van der Waals surface area contributed by atoms with Gasteiger partial charge in [0.25, 0.3) is 5.91 Å². The van der Waals surface area contributed by atoms with Gasteiger partial charge in [0.1, 0.15) is 0 Å². The summed E-state index contributed by atoms with van der Waals surface area (Å²) in [7, 11) is 0. The number of imidazole rings is 1. The third-order valence-corrected chi connectivity index (χ3v) is 5.79. The number of amides is 1. The van der Waals surface area contributed by atoms with Crippen LogP contribution in [0.4, 0.5) is 0 Å². The summed E-state index contributed by atoms with van der Waals surface area (Å²) in [5.74, 6) is 0.635. The van der Waals surface area contributed by atoms with E-state index in [1.165, 1.54) is 5.56 Å². The van der Waals surface area contributed by atoms with Crippen LogP contribution < -0.4 is 5.32 Å². The number of fused-ring (bicyclic) bond motifs is 1. The first-order chi connectivity index (χ1) is 14.7. The van der Waals surface area contributed by atoms with E-state index >= 15 is 0 Å². The van der Waals surface area contributed by atoms with Gasteiger partial charge in [-0.15, -0.1) is 11.3 Å². The molecule has 0 fully saturated rings. The quantitative estimate of drug-likeness (QED) is 0.436. The molecule has 0 aliphatic rings. The molecular formula is C23H18N4O2S. The Morgan fingerprint density at radius 2 is 1.87 bits per heavy atom. The Morgan fingerprint density at radius 1 is 1.03 bits per heavy atom. The molecule has 30 heavy (non-hydrogen) atoms. The Kier molecular flexibility index (Phi) is 4.86. The lowest BCUT2D eigenvalue weighted by atomic mass is 10.1. The van der Waals surface area contributed by atoms with E-state index in [0.717, 1.165) is 27.3 Å². The van der Waals surface area contributed by atoms with Crippen molar-refractivity contribution in [3.63, 3.8) is 0 Å². The Labute approximate surface area is 176 Å². The summed E-state index contributed by atoms with van der Waals surface area (Å²) in [6.45, 7) is 1.20. The number of aromatic nitrogens is 3. The monoisotopic (exact) mass is 414 g/mol. The fourth-order valence-electron chi connectivity index (χ4n) is 3.18. The zero-order chi connectivity index (χ0) is 20.3. The maximum Gasteiger partial charge on any atom is 0.287 e. The van der Waals surface area contributed by atoms with Gasteiger partial charge in [-0.05, 0) is 35.4 Å². The van der Waals surface area contributed by atoms with Crippen molar-refractivity contribution in [3.8, 4) is 10.8 Å². The highest BCUT2D eigenvalue weighted by molar-refractivity contribution is 7.21. The highest BCUT2D eigenvalue weighted by Crippen LogP contribution is 2.31. The minimum Gasteiger partial charge on any atom is -0.448 e. The molecular weight excluding hydrogens is 396 g/mol. The fraction of sp³-hybridized carbons (Fsp3) is 0.0870. The predicted octanol–water partition coefficient (Wildman–Crippen LogP) is 4.73. The first kappa shape index (κ1) is 18.3. The minimum absolute atomic E-state index is 0.246. The van der Waals surface area contributed by atoms with Crippen molar-refractivity contribution < 1.29 is 9.21 Å². The average molecular weight is 414 g/mol. The van der Waals surface area contributed by atoms with Crippen LogP contribution in [0.2, 0.25) is 0 Å². The van der Waals surface area contributed by atoms with Crippen molar-refractivity contribution in [3.05, 3.63) is 96.3 Å². The van der Waals surface area contributed by atoms with Gasteiger partial charge in [-0.1, -0.05) is 36.4 Å². The van der Waals surface area contributed by atoms with Crippen molar-refractivity contribution in [1.29, 1.82) is 0 Å². The molecule has 6 nitrogen and oxygen atoms in total.